The zero-order chi connectivity index (χ0) is 23.9. The van der Waals surface area contributed by atoms with Gasteiger partial charge in [0, 0.05) is 18.1 Å². The van der Waals surface area contributed by atoms with Gasteiger partial charge in [0.1, 0.15) is 5.75 Å². The fourth-order valence-corrected chi connectivity index (χ4v) is 2.82. The summed E-state index contributed by atoms with van der Waals surface area (Å²) in [5.74, 6) is -1.67. The van der Waals surface area contributed by atoms with Gasteiger partial charge < -0.3 is 10.1 Å². The Bertz CT molecular complexity index is 1160. The van der Waals surface area contributed by atoms with Crippen LogP contribution in [0.3, 0.4) is 0 Å². The smallest absolute Gasteiger partial charge is 0.437 e. The number of nitrogens with one attached hydrogen (secondary N) is 1. The number of carbonyl (C=O) groups excluding carboxylic acids is 1. The summed E-state index contributed by atoms with van der Waals surface area (Å²) in [4.78, 5) is 27.7. The molecule has 7 nitrogen and oxygen atoms in total. The Morgan fingerprint density at radius 3 is 2.66 bits per heavy atom. The number of likely N-dealkylation sites (N-methyl/N-ethyl adjacent to an activating group) is 1. The van der Waals surface area contributed by atoms with Gasteiger partial charge in [0.25, 0.3) is 5.56 Å². The van der Waals surface area contributed by atoms with Crippen molar-refractivity contribution in [1.29, 1.82) is 5.26 Å². The van der Waals surface area contributed by atoms with Crippen molar-refractivity contribution in [1.82, 2.24) is 14.9 Å². The first-order chi connectivity index (χ1) is 15.1. The second kappa shape index (κ2) is 10.6. The molecule has 0 unspecified atom stereocenters. The molecule has 1 aromatic heterocycles. The van der Waals surface area contributed by atoms with Crippen LogP contribution in [-0.2, 0) is 17.5 Å². The highest BCUT2D eigenvalue weighted by molar-refractivity contribution is 6.30. The molecule has 0 fully saturated rings. The molecule has 11 heteroatoms. The second-order valence-electron chi connectivity index (χ2n) is 6.38. The Morgan fingerprint density at radius 2 is 2.06 bits per heavy atom. The molecule has 0 saturated carbocycles. The minimum Gasteiger partial charge on any atom is -0.449 e. The molecule has 0 aliphatic heterocycles. The van der Waals surface area contributed by atoms with E-state index in [1.807, 2.05) is 6.92 Å². The molecule has 0 radical (unpaired) electrons. The van der Waals surface area contributed by atoms with Crippen LogP contribution in [0.1, 0.15) is 24.6 Å². The Morgan fingerprint density at radius 1 is 1.34 bits per heavy atom. The van der Waals surface area contributed by atoms with Crippen LogP contribution in [0.25, 0.3) is 0 Å². The Kier molecular flexibility index (Phi) is 8.21. The fourth-order valence-electron chi connectivity index (χ4n) is 2.59. The number of benzene rings is 1. The van der Waals surface area contributed by atoms with Crippen LogP contribution in [0.15, 0.2) is 53.1 Å². The predicted molar refractivity (Wildman–Crippen MR) is 111 cm³/mol. The second-order valence-corrected chi connectivity index (χ2v) is 6.81. The third kappa shape index (κ3) is 6.46. The van der Waals surface area contributed by atoms with E-state index in [2.05, 4.69) is 10.3 Å². The van der Waals surface area contributed by atoms with Crippen molar-refractivity contribution in [3.8, 4) is 17.6 Å². The highest BCUT2D eigenvalue weighted by Gasteiger charge is 2.38. The summed E-state index contributed by atoms with van der Waals surface area (Å²) in [6.07, 6.45) is 0.735. The Balaban J connectivity index is 2.55. The third-order valence-electron chi connectivity index (χ3n) is 4.00. The topological polar surface area (TPSA) is 97.0 Å². The lowest BCUT2D eigenvalue weighted by atomic mass is 10.2. The molecule has 1 N–H and O–H groups in total. The molecular formula is C21H18ClF3N4O3. The SMILES string of the molecule is CC/C=C(/C=C\C(=O)NC)Cn1cnc(C(F)(F)F)c(Oc2cc(Cl)cc(C#N)c2)c1=O. The van der Waals surface area contributed by atoms with Crippen LogP contribution < -0.4 is 15.6 Å². The number of halogens is 4. The largest absolute Gasteiger partial charge is 0.449 e. The van der Waals surface area contributed by atoms with Crippen LogP contribution in [0, 0.1) is 11.3 Å². The maximum atomic E-state index is 13.5. The molecule has 32 heavy (non-hydrogen) atoms. The van der Waals surface area contributed by atoms with Crippen LogP contribution in [-0.4, -0.2) is 22.5 Å². The number of nitrogens with zero attached hydrogens (tertiary/aromatic N) is 3. The lowest BCUT2D eigenvalue weighted by Gasteiger charge is -2.15. The van der Waals surface area contributed by atoms with Gasteiger partial charge in [0.2, 0.25) is 11.7 Å². The highest BCUT2D eigenvalue weighted by atomic mass is 35.5. The van der Waals surface area contributed by atoms with E-state index < -0.39 is 23.2 Å². The van der Waals surface area contributed by atoms with E-state index in [9.17, 15) is 22.8 Å². The quantitative estimate of drug-likeness (QED) is 0.487. The van der Waals surface area contributed by atoms with E-state index in [0.717, 1.165) is 17.0 Å². The zero-order valence-electron chi connectivity index (χ0n) is 17.0. The van der Waals surface area contributed by atoms with Crippen molar-refractivity contribution in [2.75, 3.05) is 7.05 Å². The van der Waals surface area contributed by atoms with Gasteiger partial charge in [-0.1, -0.05) is 30.7 Å². The normalized spacial score (nSPS) is 12.0. The summed E-state index contributed by atoms with van der Waals surface area (Å²) in [6.45, 7) is 1.67. The van der Waals surface area contributed by atoms with E-state index in [0.29, 0.717) is 12.0 Å². The number of ether oxygens (including phenoxy) is 1. The predicted octanol–water partition coefficient (Wildman–Crippen LogP) is 4.22. The lowest BCUT2D eigenvalue weighted by Crippen LogP contribution is -2.26. The van der Waals surface area contributed by atoms with E-state index in [-0.39, 0.29) is 28.8 Å². The van der Waals surface area contributed by atoms with Gasteiger partial charge in [-0.2, -0.15) is 18.4 Å². The number of rotatable bonds is 7. The van der Waals surface area contributed by atoms with Crippen LogP contribution in [0.5, 0.6) is 11.5 Å². The first kappa shape index (κ1) is 24.7. The summed E-state index contributed by atoms with van der Waals surface area (Å²) in [6, 6.07) is 5.42. The summed E-state index contributed by atoms with van der Waals surface area (Å²) >= 11 is 5.87. The standard InChI is InChI=1S/C21H18ClF3N4O3/c1-3-4-13(5-6-17(30)27-2)11-29-12-28-19(21(23,24)25)18(20(29)31)32-16-8-14(10-26)7-15(22)9-16/h4-9,12H,3,11H2,1-2H3,(H,27,30)/b6-5-,13-4-. The molecule has 168 valence electrons. The average Bonchev–Trinajstić information content (AvgIpc) is 2.73. The number of carbonyl (C=O) groups is 1. The van der Waals surface area contributed by atoms with Crippen LogP contribution >= 0.6 is 11.6 Å². The number of nitriles is 1. The Labute approximate surface area is 186 Å². The summed E-state index contributed by atoms with van der Waals surface area (Å²) < 4.78 is 46.6. The molecule has 0 aliphatic rings. The molecule has 0 spiro atoms. The van der Waals surface area contributed by atoms with E-state index in [1.165, 1.54) is 31.3 Å². The third-order valence-corrected chi connectivity index (χ3v) is 4.22. The molecule has 0 atom stereocenters. The van der Waals surface area contributed by atoms with E-state index in [4.69, 9.17) is 21.6 Å². The van der Waals surface area contributed by atoms with E-state index in [1.54, 1.807) is 12.1 Å². The van der Waals surface area contributed by atoms with Gasteiger partial charge in [-0.15, -0.1) is 0 Å². The van der Waals surface area contributed by atoms with E-state index >= 15 is 0 Å². The summed E-state index contributed by atoms with van der Waals surface area (Å²) in [7, 11) is 1.44. The number of hydrogen-bond donors (Lipinski definition) is 1. The molecule has 2 rings (SSSR count). The maximum absolute atomic E-state index is 13.5. The fraction of sp³-hybridized carbons (Fsp3) is 0.238. The maximum Gasteiger partial charge on any atom is 0.437 e. The summed E-state index contributed by atoms with van der Waals surface area (Å²) in [5, 5.41) is 11.5. The molecule has 1 heterocycles. The molecule has 0 bridgehead atoms. The van der Waals surface area contributed by atoms with Gasteiger partial charge >= 0.3 is 6.18 Å². The van der Waals surface area contributed by atoms with Gasteiger partial charge in [-0.3, -0.25) is 14.2 Å². The van der Waals surface area contributed by atoms with Crippen molar-refractivity contribution in [2.24, 2.45) is 0 Å². The molecule has 1 amide bonds. The van der Waals surface area contributed by atoms with Crippen molar-refractivity contribution in [3.05, 3.63) is 75.0 Å². The number of alkyl halides is 3. The molecule has 1 aromatic carbocycles. The Hall–Kier alpha value is -3.58. The van der Waals surface area contributed by atoms with Crippen LogP contribution in [0.2, 0.25) is 5.02 Å². The summed E-state index contributed by atoms with van der Waals surface area (Å²) in [5.41, 5.74) is -2.07. The molecule has 0 aliphatic carbocycles. The van der Waals surface area contributed by atoms with Gasteiger partial charge in [-0.25, -0.2) is 4.98 Å². The zero-order valence-corrected chi connectivity index (χ0v) is 17.8. The minimum atomic E-state index is -4.97. The van der Waals surface area contributed by atoms with Gasteiger partial charge in [0.05, 0.1) is 24.5 Å². The molecule has 0 saturated heterocycles. The van der Waals surface area contributed by atoms with Crippen molar-refractivity contribution in [2.45, 2.75) is 26.1 Å². The average molecular weight is 467 g/mol. The number of allylic oxidation sites excluding steroid dienone is 3. The monoisotopic (exact) mass is 466 g/mol. The number of amides is 1. The number of aromatic nitrogens is 2. The molecule has 2 aromatic rings. The van der Waals surface area contributed by atoms with Gasteiger partial charge in [0.15, 0.2) is 5.69 Å². The minimum absolute atomic E-state index is 0.0396. The molecular weight excluding hydrogens is 449 g/mol. The van der Waals surface area contributed by atoms with Gasteiger partial charge in [-0.05, 0) is 30.2 Å². The van der Waals surface area contributed by atoms with Crippen molar-refractivity contribution < 1.29 is 22.7 Å². The first-order valence-electron chi connectivity index (χ1n) is 9.23. The number of hydrogen-bond acceptors (Lipinski definition) is 5. The highest BCUT2D eigenvalue weighted by Crippen LogP contribution is 2.35. The van der Waals surface area contributed by atoms with Crippen LogP contribution in [0.4, 0.5) is 13.2 Å². The lowest BCUT2D eigenvalue weighted by molar-refractivity contribution is -0.142. The van der Waals surface area contributed by atoms with Crippen molar-refractivity contribution in [3.63, 3.8) is 0 Å². The van der Waals surface area contributed by atoms with Crippen molar-refractivity contribution >= 4 is 17.5 Å². The first-order valence-corrected chi connectivity index (χ1v) is 9.60.